The normalized spacial score (nSPS) is 45.2. The van der Waals surface area contributed by atoms with Crippen LogP contribution < -0.4 is 0 Å². The zero-order chi connectivity index (χ0) is 11.2. The summed E-state index contributed by atoms with van der Waals surface area (Å²) in [4.78, 5) is 10.6. The summed E-state index contributed by atoms with van der Waals surface area (Å²) in [5.41, 5.74) is 0. The molecule has 1 rings (SSSR count). The lowest BCUT2D eigenvalue weighted by Gasteiger charge is -2.53. The smallest absolute Gasteiger partial charge is 0.189 e. The Kier molecular flexibility index (Phi) is 3.05. The highest BCUT2D eigenvalue weighted by atomic mass is 28.4. The van der Waals surface area contributed by atoms with Crippen molar-refractivity contribution in [2.75, 3.05) is 0 Å². The molecule has 0 aromatic heterocycles. The third kappa shape index (κ3) is 1.85. The molecule has 0 unspecified atom stereocenters. The largest absolute Gasteiger partial charge is 0.432 e. The molecule has 14 heavy (non-hydrogen) atoms. The summed E-state index contributed by atoms with van der Waals surface area (Å²) < 4.78 is 0.0671. The topological polar surface area (TPSA) is 40.5 Å². The van der Waals surface area contributed by atoms with E-state index in [2.05, 4.69) is 33.1 Å². The fraction of sp³-hybridized carbons (Fsp3) is 1.00. The van der Waals surface area contributed by atoms with E-state index in [0.29, 0.717) is 0 Å². The molecule has 1 aliphatic heterocycles. The van der Waals surface area contributed by atoms with Crippen LogP contribution in [0.1, 0.15) is 19.8 Å². The zero-order valence-corrected chi connectivity index (χ0v) is 12.1. The van der Waals surface area contributed by atoms with Crippen LogP contribution in [0.4, 0.5) is 0 Å². The lowest BCUT2D eigenvalue weighted by molar-refractivity contribution is 0.138. The van der Waals surface area contributed by atoms with Crippen LogP contribution in [0.5, 0.6) is 0 Å². The molecule has 0 spiro atoms. The molecular weight excluding hydrogens is 208 g/mol. The van der Waals surface area contributed by atoms with Crippen LogP contribution in [0.3, 0.4) is 0 Å². The lowest BCUT2D eigenvalue weighted by Crippen LogP contribution is -2.59. The molecule has 0 amide bonds. The van der Waals surface area contributed by atoms with Gasteiger partial charge in [0.25, 0.3) is 0 Å². The van der Waals surface area contributed by atoms with E-state index in [-0.39, 0.29) is 10.8 Å². The van der Waals surface area contributed by atoms with Crippen molar-refractivity contribution in [3.63, 3.8) is 0 Å². The van der Waals surface area contributed by atoms with E-state index >= 15 is 0 Å². The van der Waals surface area contributed by atoms with E-state index in [1.165, 1.54) is 0 Å². The highest BCUT2D eigenvalue weighted by Crippen LogP contribution is 2.53. The van der Waals surface area contributed by atoms with Gasteiger partial charge in [-0.2, -0.15) is 0 Å². The molecule has 1 aliphatic rings. The van der Waals surface area contributed by atoms with Crippen molar-refractivity contribution in [2.24, 2.45) is 0 Å². The molecular formula is C10H24O2Si2. The van der Waals surface area contributed by atoms with Crippen molar-refractivity contribution in [1.82, 2.24) is 0 Å². The van der Waals surface area contributed by atoms with Gasteiger partial charge in [-0.15, -0.1) is 0 Å². The molecule has 0 aromatic carbocycles. The average molecular weight is 232 g/mol. The standard InChI is InChI=1S/C10H24O2Si2/c1-10(13(2,3)4)8-9(11)6-7-14(10,5)12/h9,11-12H,6-8H2,1-5H3/t9-,10-,14-/m0/s1. The molecule has 0 bridgehead atoms. The van der Waals surface area contributed by atoms with Gasteiger partial charge in [0.15, 0.2) is 8.32 Å². The second kappa shape index (κ2) is 3.44. The molecule has 0 aromatic rings. The SMILES string of the molecule is C[C@@]1([Si](C)(C)C)C[C@@H](O)CC[Si@]1(C)O. The van der Waals surface area contributed by atoms with E-state index in [9.17, 15) is 9.90 Å². The predicted molar refractivity (Wildman–Crippen MR) is 65.6 cm³/mol. The molecule has 3 atom stereocenters. The number of aliphatic hydroxyl groups is 1. The summed E-state index contributed by atoms with van der Waals surface area (Å²) in [6.07, 6.45) is 1.45. The Morgan fingerprint density at radius 2 is 1.86 bits per heavy atom. The summed E-state index contributed by atoms with van der Waals surface area (Å²) in [6, 6.07) is 0.870. The summed E-state index contributed by atoms with van der Waals surface area (Å²) in [5, 5.41) is 9.77. The monoisotopic (exact) mass is 232 g/mol. The Bertz CT molecular complexity index is 223. The number of aliphatic hydroxyl groups excluding tert-OH is 1. The average Bonchev–Trinajstić information content (AvgIpc) is 1.96. The Morgan fingerprint density at radius 3 is 2.21 bits per heavy atom. The maximum atomic E-state index is 10.6. The fourth-order valence-corrected chi connectivity index (χ4v) is 12.4. The van der Waals surface area contributed by atoms with Crippen LogP contribution in [0.2, 0.25) is 36.9 Å². The quantitative estimate of drug-likeness (QED) is 0.681. The number of rotatable bonds is 1. The third-order valence-electron chi connectivity index (χ3n) is 4.45. The van der Waals surface area contributed by atoms with Gasteiger partial charge < -0.3 is 9.90 Å². The third-order valence-corrected chi connectivity index (χ3v) is 15.7. The molecule has 0 radical (unpaired) electrons. The van der Waals surface area contributed by atoms with Crippen LogP contribution in [-0.4, -0.2) is 32.4 Å². The van der Waals surface area contributed by atoms with Crippen molar-refractivity contribution >= 4 is 16.4 Å². The van der Waals surface area contributed by atoms with E-state index in [1.54, 1.807) is 0 Å². The van der Waals surface area contributed by atoms with E-state index < -0.39 is 16.4 Å². The van der Waals surface area contributed by atoms with Crippen molar-refractivity contribution in [2.45, 2.75) is 62.8 Å². The molecule has 4 heteroatoms. The molecule has 2 nitrogen and oxygen atoms in total. The minimum absolute atomic E-state index is 0.0671. The van der Waals surface area contributed by atoms with Gasteiger partial charge >= 0.3 is 0 Å². The van der Waals surface area contributed by atoms with Crippen LogP contribution >= 0.6 is 0 Å². The van der Waals surface area contributed by atoms with Crippen molar-refractivity contribution in [3.8, 4) is 0 Å². The van der Waals surface area contributed by atoms with Crippen molar-refractivity contribution in [3.05, 3.63) is 0 Å². The first-order valence-electron chi connectivity index (χ1n) is 5.51. The van der Waals surface area contributed by atoms with Crippen LogP contribution in [0.25, 0.3) is 0 Å². The zero-order valence-electron chi connectivity index (χ0n) is 10.1. The second-order valence-electron chi connectivity index (χ2n) is 6.25. The molecule has 1 fully saturated rings. The molecule has 2 N–H and O–H groups in total. The van der Waals surface area contributed by atoms with Crippen molar-refractivity contribution in [1.29, 1.82) is 0 Å². The maximum Gasteiger partial charge on any atom is 0.189 e. The van der Waals surface area contributed by atoms with Gasteiger partial charge in [0, 0.05) is 0 Å². The summed E-state index contributed by atoms with van der Waals surface area (Å²) >= 11 is 0. The van der Waals surface area contributed by atoms with Crippen molar-refractivity contribution < 1.29 is 9.90 Å². The highest BCUT2D eigenvalue weighted by molar-refractivity contribution is 6.96. The van der Waals surface area contributed by atoms with E-state index in [0.717, 1.165) is 18.9 Å². The summed E-state index contributed by atoms with van der Waals surface area (Å²) in [5.74, 6) is 0. The molecule has 0 saturated carbocycles. The molecule has 1 saturated heterocycles. The number of hydrogen-bond donors (Lipinski definition) is 2. The van der Waals surface area contributed by atoms with E-state index in [1.807, 2.05) is 0 Å². The van der Waals surface area contributed by atoms with Crippen LogP contribution in [0, 0.1) is 0 Å². The minimum Gasteiger partial charge on any atom is -0.432 e. The Labute approximate surface area is 89.5 Å². The second-order valence-corrected chi connectivity index (χ2v) is 16.5. The van der Waals surface area contributed by atoms with Gasteiger partial charge in [-0.05, 0) is 30.1 Å². The highest BCUT2D eigenvalue weighted by Gasteiger charge is 2.56. The van der Waals surface area contributed by atoms with E-state index in [4.69, 9.17) is 0 Å². The first-order valence-corrected chi connectivity index (χ1v) is 11.7. The Morgan fingerprint density at radius 1 is 1.36 bits per heavy atom. The molecule has 1 heterocycles. The summed E-state index contributed by atoms with van der Waals surface area (Å²) in [6.45, 7) is 11.2. The minimum atomic E-state index is -2.12. The van der Waals surface area contributed by atoms with Gasteiger partial charge in [0.05, 0.1) is 14.2 Å². The molecule has 84 valence electrons. The maximum absolute atomic E-state index is 10.6. The van der Waals surface area contributed by atoms with Gasteiger partial charge in [0.1, 0.15) is 0 Å². The Hall–Kier alpha value is 0.354. The van der Waals surface area contributed by atoms with Crippen LogP contribution in [0.15, 0.2) is 0 Å². The predicted octanol–water partition coefficient (Wildman–Crippen LogP) is 2.35. The van der Waals surface area contributed by atoms with Gasteiger partial charge in [-0.3, -0.25) is 0 Å². The molecule has 0 aliphatic carbocycles. The summed E-state index contributed by atoms with van der Waals surface area (Å²) in [7, 11) is -3.53. The fourth-order valence-electron chi connectivity index (χ4n) is 2.63. The Balaban J connectivity index is 3.02. The number of hydrogen-bond acceptors (Lipinski definition) is 2. The van der Waals surface area contributed by atoms with Gasteiger partial charge in [-0.25, -0.2) is 0 Å². The lowest BCUT2D eigenvalue weighted by atomic mass is 10.1. The van der Waals surface area contributed by atoms with Gasteiger partial charge in [0.2, 0.25) is 0 Å². The first-order chi connectivity index (χ1) is 6.10. The van der Waals surface area contributed by atoms with Gasteiger partial charge in [-0.1, -0.05) is 26.6 Å². The van der Waals surface area contributed by atoms with Crippen LogP contribution in [-0.2, 0) is 0 Å². The first kappa shape index (κ1) is 12.4.